The number of hydrogen-bond acceptors (Lipinski definition) is 10. The zero-order valence-electron chi connectivity index (χ0n) is 34.8. The van der Waals surface area contributed by atoms with Crippen molar-refractivity contribution in [1.29, 1.82) is 0 Å². The minimum atomic E-state index is -3.91. The van der Waals surface area contributed by atoms with E-state index in [4.69, 9.17) is 9.05 Å². The fraction of sp³-hybridized carbons (Fsp3) is 0.512. The molecular weight excluding hydrogens is 741 g/mol. The lowest BCUT2D eigenvalue weighted by atomic mass is 9.87. The summed E-state index contributed by atoms with van der Waals surface area (Å²) in [6.07, 6.45) is 0. The van der Waals surface area contributed by atoms with Gasteiger partial charge in [-0.15, -0.1) is 0 Å². The quantitative estimate of drug-likeness (QED) is 0.166. The van der Waals surface area contributed by atoms with Gasteiger partial charge in [-0.1, -0.05) is 111 Å². The van der Waals surface area contributed by atoms with Crippen molar-refractivity contribution in [3.63, 3.8) is 0 Å². The molecule has 0 unspecified atom stereocenters. The highest BCUT2D eigenvalue weighted by Crippen LogP contribution is 2.32. The molecule has 14 heteroatoms. The first-order valence-corrected chi connectivity index (χ1v) is 21.1. The van der Waals surface area contributed by atoms with Crippen molar-refractivity contribution in [3.8, 4) is 0 Å². The number of benzene rings is 2. The zero-order chi connectivity index (χ0) is 42.2. The number of anilines is 2. The summed E-state index contributed by atoms with van der Waals surface area (Å²) in [5.74, 6) is 0.557. The normalized spacial score (nSPS) is 13.2. The molecule has 302 valence electrons. The van der Waals surface area contributed by atoms with E-state index in [1.807, 2.05) is 55.4 Å². The van der Waals surface area contributed by atoms with Crippen molar-refractivity contribution in [1.82, 2.24) is 10.3 Å². The Morgan fingerprint density at radius 3 is 1.15 bits per heavy atom. The molecule has 0 bridgehead atoms. The lowest BCUT2D eigenvalue weighted by molar-refractivity contribution is -0.118. The van der Waals surface area contributed by atoms with Gasteiger partial charge in [-0.05, 0) is 74.4 Å². The van der Waals surface area contributed by atoms with Crippen LogP contribution in [0.1, 0.15) is 132 Å². The van der Waals surface area contributed by atoms with Gasteiger partial charge in [0, 0.05) is 23.0 Å². The Kier molecular flexibility index (Phi) is 12.9. The average molecular weight is 799 g/mol. The molecule has 12 nitrogen and oxygen atoms in total. The van der Waals surface area contributed by atoms with Crippen molar-refractivity contribution in [2.45, 2.75) is 145 Å². The molecule has 0 aliphatic rings. The summed E-state index contributed by atoms with van der Waals surface area (Å²) >= 11 is 0. The van der Waals surface area contributed by atoms with Crippen molar-refractivity contribution in [2.24, 2.45) is 0 Å². The highest BCUT2D eigenvalue weighted by molar-refractivity contribution is 7.94. The van der Waals surface area contributed by atoms with Crippen molar-refractivity contribution < 1.29 is 35.5 Å². The largest absolute Gasteiger partial charge is 0.359 e. The second kappa shape index (κ2) is 15.7. The van der Waals surface area contributed by atoms with E-state index in [0.717, 1.165) is 11.1 Å². The van der Waals surface area contributed by atoms with E-state index < -0.39 is 41.0 Å². The molecule has 0 aliphatic carbocycles. The molecule has 2 aromatic heterocycles. The standard InChI is InChI=1S/C21H30N2O4S.C20H28N2O4S/c1-19(2,3)14-9-11-15(12-10-14)28(25,26)21(7,8)18(24)22-17-13-16(27-23-17)20(4,5)6;1-13(2)14-8-10-15(11-9-14)27(24,25)20(6,7)18(23)21-17-12-16(26-22-17)19(3,4)5/h9-13H,1-8H3,(H,22,23,24);8-13H,1-7H3,(H,21,22,23). The van der Waals surface area contributed by atoms with Crippen LogP contribution in [0.4, 0.5) is 11.6 Å². The summed E-state index contributed by atoms with van der Waals surface area (Å²) in [6, 6.07) is 16.6. The highest BCUT2D eigenvalue weighted by Gasteiger charge is 2.44. The SMILES string of the molecule is CC(C)(C)c1ccc(S(=O)(=O)C(C)(C)C(=O)Nc2cc(C(C)(C)C)on2)cc1.CC(C)c1ccc(S(=O)(=O)C(C)(C)C(=O)Nc2cc(C(C)(C)C)on2)cc1. The molecule has 2 aromatic carbocycles. The Hall–Kier alpha value is -4.30. The summed E-state index contributed by atoms with van der Waals surface area (Å²) in [5.41, 5.74) is 1.43. The van der Waals surface area contributed by atoms with Gasteiger partial charge in [0.2, 0.25) is 11.8 Å². The Morgan fingerprint density at radius 1 is 0.545 bits per heavy atom. The van der Waals surface area contributed by atoms with Crippen molar-refractivity contribution >= 4 is 43.1 Å². The van der Waals surface area contributed by atoms with E-state index in [9.17, 15) is 26.4 Å². The predicted octanol–water partition coefficient (Wildman–Crippen LogP) is 8.75. The third kappa shape index (κ3) is 10.1. The summed E-state index contributed by atoms with van der Waals surface area (Å²) in [5, 5.41) is 12.8. The lowest BCUT2D eigenvalue weighted by Gasteiger charge is -2.24. The molecule has 4 rings (SSSR count). The van der Waals surface area contributed by atoms with Crippen LogP contribution in [0.25, 0.3) is 0 Å². The first-order valence-electron chi connectivity index (χ1n) is 18.1. The molecule has 0 atom stereocenters. The Balaban J connectivity index is 0.000000296. The van der Waals surface area contributed by atoms with Crippen LogP contribution in [0.3, 0.4) is 0 Å². The van der Waals surface area contributed by atoms with Crippen LogP contribution < -0.4 is 10.6 Å². The van der Waals surface area contributed by atoms with Gasteiger partial charge in [0.15, 0.2) is 31.3 Å². The molecule has 0 spiro atoms. The minimum Gasteiger partial charge on any atom is -0.359 e. The maximum Gasteiger partial charge on any atom is 0.246 e. The second-order valence-corrected chi connectivity index (χ2v) is 23.1. The van der Waals surface area contributed by atoms with Gasteiger partial charge in [-0.25, -0.2) is 16.8 Å². The first-order chi connectivity index (χ1) is 24.8. The molecular formula is C41H58N4O8S2. The number of aromatic nitrogens is 2. The Bertz CT molecular complexity index is 2190. The number of carbonyl (C=O) groups excluding carboxylic acids is 2. The fourth-order valence-corrected chi connectivity index (χ4v) is 7.67. The van der Waals surface area contributed by atoms with Crippen LogP contribution in [0.2, 0.25) is 0 Å². The van der Waals surface area contributed by atoms with E-state index in [0.29, 0.717) is 17.4 Å². The van der Waals surface area contributed by atoms with Gasteiger partial charge in [0.1, 0.15) is 21.0 Å². The van der Waals surface area contributed by atoms with E-state index in [1.54, 1.807) is 60.7 Å². The molecule has 0 aliphatic heterocycles. The molecule has 0 radical (unpaired) electrons. The maximum atomic E-state index is 13.1. The smallest absolute Gasteiger partial charge is 0.246 e. The minimum absolute atomic E-state index is 0.0904. The molecule has 55 heavy (non-hydrogen) atoms. The van der Waals surface area contributed by atoms with Crippen LogP contribution in [0, 0.1) is 0 Å². The third-order valence-corrected chi connectivity index (χ3v) is 14.2. The Labute approximate surface area is 327 Å². The topological polar surface area (TPSA) is 179 Å². The number of nitrogens with one attached hydrogen (secondary N) is 2. The zero-order valence-corrected chi connectivity index (χ0v) is 36.5. The summed E-state index contributed by atoms with van der Waals surface area (Å²) < 4.78 is 59.4. The molecule has 0 fully saturated rings. The van der Waals surface area contributed by atoms with Crippen molar-refractivity contribution in [3.05, 3.63) is 83.3 Å². The number of amides is 2. The van der Waals surface area contributed by atoms with E-state index in [1.165, 1.54) is 27.7 Å². The summed E-state index contributed by atoms with van der Waals surface area (Å²) in [6.45, 7) is 27.5. The molecule has 0 saturated carbocycles. The second-order valence-electron chi connectivity index (χ2n) is 18.1. The van der Waals surface area contributed by atoms with Gasteiger partial charge in [0.25, 0.3) is 0 Å². The summed E-state index contributed by atoms with van der Waals surface area (Å²) in [7, 11) is -7.80. The lowest BCUT2D eigenvalue weighted by Crippen LogP contribution is -2.44. The van der Waals surface area contributed by atoms with Gasteiger partial charge in [0.05, 0.1) is 9.79 Å². The molecule has 4 aromatic rings. The first kappa shape index (κ1) is 45.1. The Morgan fingerprint density at radius 2 is 0.873 bits per heavy atom. The fourth-order valence-electron chi connectivity index (χ4n) is 4.91. The van der Waals surface area contributed by atoms with Crippen LogP contribution in [0.15, 0.2) is 79.5 Å². The maximum absolute atomic E-state index is 13.1. The van der Waals surface area contributed by atoms with Crippen LogP contribution in [-0.2, 0) is 45.5 Å². The van der Waals surface area contributed by atoms with Gasteiger partial charge in [-0.3, -0.25) is 9.59 Å². The van der Waals surface area contributed by atoms with Crippen LogP contribution in [-0.4, -0.2) is 48.5 Å². The molecule has 2 N–H and O–H groups in total. The van der Waals surface area contributed by atoms with Gasteiger partial charge >= 0.3 is 0 Å². The van der Waals surface area contributed by atoms with E-state index in [-0.39, 0.29) is 37.7 Å². The number of sulfone groups is 2. The number of rotatable bonds is 9. The monoisotopic (exact) mass is 798 g/mol. The molecule has 2 amide bonds. The van der Waals surface area contributed by atoms with Crippen molar-refractivity contribution in [2.75, 3.05) is 10.6 Å². The number of hydrogen-bond donors (Lipinski definition) is 2. The highest BCUT2D eigenvalue weighted by atomic mass is 32.2. The predicted molar refractivity (Wildman–Crippen MR) is 216 cm³/mol. The van der Waals surface area contributed by atoms with Crippen LogP contribution in [0.5, 0.6) is 0 Å². The molecule has 0 saturated heterocycles. The average Bonchev–Trinajstić information content (AvgIpc) is 3.75. The number of carbonyl (C=O) groups is 2. The van der Waals surface area contributed by atoms with Gasteiger partial charge in [-0.2, -0.15) is 0 Å². The van der Waals surface area contributed by atoms with E-state index >= 15 is 0 Å². The van der Waals surface area contributed by atoms with Crippen LogP contribution >= 0.6 is 0 Å². The number of nitrogens with zero attached hydrogens (tertiary/aromatic N) is 2. The third-order valence-electron chi connectivity index (χ3n) is 9.31. The van der Waals surface area contributed by atoms with Gasteiger partial charge < -0.3 is 19.7 Å². The molecule has 2 heterocycles. The van der Waals surface area contributed by atoms with E-state index in [2.05, 4.69) is 41.7 Å². The summed E-state index contributed by atoms with van der Waals surface area (Å²) in [4.78, 5) is 25.7.